The molecule has 5 nitrogen and oxygen atoms in total. The van der Waals surface area contributed by atoms with Crippen molar-refractivity contribution < 1.29 is 14.3 Å². The molecular weight excluding hydrogens is 268 g/mol. The average molecular weight is 283 g/mol. The number of carbonyl (C=O) groups is 1. The lowest BCUT2D eigenvalue weighted by atomic mass is 10.3. The number of rotatable bonds is 5. The van der Waals surface area contributed by atoms with Crippen molar-refractivity contribution in [2.45, 2.75) is 19.3 Å². The van der Waals surface area contributed by atoms with Crippen molar-refractivity contribution in [3.8, 4) is 5.75 Å². The second-order valence-corrected chi connectivity index (χ2v) is 4.17. The quantitative estimate of drug-likeness (QED) is 0.624. The van der Waals surface area contributed by atoms with E-state index in [9.17, 15) is 4.79 Å². The Morgan fingerprint density at radius 3 is 2.89 bits per heavy atom. The molecule has 19 heavy (non-hydrogen) atoms. The van der Waals surface area contributed by atoms with Crippen LogP contribution in [0.1, 0.15) is 12.7 Å². The first kappa shape index (κ1) is 13.7. The largest absolute Gasteiger partial charge is 0.497 e. The highest BCUT2D eigenvalue weighted by molar-refractivity contribution is 6.16. The average Bonchev–Trinajstić information content (AvgIpc) is 2.76. The number of fused-ring (bicyclic) bond motifs is 1. The maximum absolute atomic E-state index is 11.6. The Balaban J connectivity index is 2.43. The molecule has 0 aliphatic rings. The number of aromatic nitrogens is 2. The predicted octanol–water partition coefficient (Wildman–Crippen LogP) is 2.35. The number of carbonyl (C=O) groups excluding carboxylic acids is 1. The summed E-state index contributed by atoms with van der Waals surface area (Å²) in [5, 5.41) is 0. The third-order valence-electron chi connectivity index (χ3n) is 2.75. The van der Waals surface area contributed by atoms with Gasteiger partial charge in [0.25, 0.3) is 0 Å². The molecule has 0 aliphatic heterocycles. The zero-order chi connectivity index (χ0) is 13.8. The number of hydrogen-bond acceptors (Lipinski definition) is 4. The second-order valence-electron chi connectivity index (χ2n) is 3.91. The van der Waals surface area contributed by atoms with Crippen LogP contribution in [-0.4, -0.2) is 29.2 Å². The SMILES string of the molecule is CCOC(=O)Cn1c(CCl)nc2cc(OC)ccc21. The van der Waals surface area contributed by atoms with Crippen molar-refractivity contribution in [3.05, 3.63) is 24.0 Å². The summed E-state index contributed by atoms with van der Waals surface area (Å²) in [6, 6.07) is 5.49. The summed E-state index contributed by atoms with van der Waals surface area (Å²) in [7, 11) is 1.60. The van der Waals surface area contributed by atoms with Crippen LogP contribution in [0.2, 0.25) is 0 Å². The van der Waals surface area contributed by atoms with E-state index in [-0.39, 0.29) is 18.4 Å². The van der Waals surface area contributed by atoms with Gasteiger partial charge in [-0.3, -0.25) is 4.79 Å². The van der Waals surface area contributed by atoms with Gasteiger partial charge in [-0.05, 0) is 19.1 Å². The lowest BCUT2D eigenvalue weighted by Crippen LogP contribution is -2.15. The maximum Gasteiger partial charge on any atom is 0.326 e. The van der Waals surface area contributed by atoms with Crippen LogP contribution in [0.3, 0.4) is 0 Å². The molecule has 0 atom stereocenters. The monoisotopic (exact) mass is 282 g/mol. The normalized spacial score (nSPS) is 10.7. The molecule has 1 aromatic heterocycles. The van der Waals surface area contributed by atoms with Gasteiger partial charge in [0.1, 0.15) is 18.1 Å². The Labute approximate surface area is 116 Å². The minimum Gasteiger partial charge on any atom is -0.497 e. The summed E-state index contributed by atoms with van der Waals surface area (Å²) >= 11 is 5.87. The molecule has 0 aliphatic carbocycles. The lowest BCUT2D eigenvalue weighted by Gasteiger charge is -2.07. The summed E-state index contributed by atoms with van der Waals surface area (Å²) in [6.07, 6.45) is 0. The Hall–Kier alpha value is -1.75. The van der Waals surface area contributed by atoms with Gasteiger partial charge in [0.05, 0.1) is 30.6 Å². The molecule has 1 aromatic carbocycles. The van der Waals surface area contributed by atoms with Crippen molar-refractivity contribution in [1.82, 2.24) is 9.55 Å². The zero-order valence-corrected chi connectivity index (χ0v) is 11.6. The first-order valence-corrected chi connectivity index (χ1v) is 6.47. The number of esters is 1. The van der Waals surface area contributed by atoms with Crippen LogP contribution in [0.25, 0.3) is 11.0 Å². The Kier molecular flexibility index (Phi) is 4.27. The van der Waals surface area contributed by atoms with E-state index in [1.165, 1.54) is 0 Å². The molecule has 0 saturated heterocycles. The smallest absolute Gasteiger partial charge is 0.326 e. The number of hydrogen-bond donors (Lipinski definition) is 0. The van der Waals surface area contributed by atoms with Crippen molar-refractivity contribution in [1.29, 1.82) is 0 Å². The fourth-order valence-corrected chi connectivity index (χ4v) is 2.10. The van der Waals surface area contributed by atoms with Gasteiger partial charge in [-0.2, -0.15) is 0 Å². The lowest BCUT2D eigenvalue weighted by molar-refractivity contribution is -0.143. The minimum atomic E-state index is -0.302. The van der Waals surface area contributed by atoms with Crippen molar-refractivity contribution in [2.24, 2.45) is 0 Å². The van der Waals surface area contributed by atoms with Crippen molar-refractivity contribution >= 4 is 28.6 Å². The molecule has 0 bridgehead atoms. The molecule has 0 unspecified atom stereocenters. The molecule has 0 amide bonds. The van der Waals surface area contributed by atoms with Crippen LogP contribution < -0.4 is 4.74 Å². The summed E-state index contributed by atoms with van der Waals surface area (Å²) in [6.45, 7) is 2.24. The van der Waals surface area contributed by atoms with Crippen molar-refractivity contribution in [2.75, 3.05) is 13.7 Å². The molecule has 2 rings (SSSR count). The standard InChI is InChI=1S/C13H15ClN2O3/c1-3-19-13(17)8-16-11-5-4-9(18-2)6-10(11)15-12(16)7-14/h4-6H,3,7-8H2,1-2H3. The van der Waals surface area contributed by atoms with Gasteiger partial charge >= 0.3 is 5.97 Å². The molecule has 0 radical (unpaired) electrons. The van der Waals surface area contributed by atoms with Crippen LogP contribution in [0, 0.1) is 0 Å². The molecule has 0 N–H and O–H groups in total. The van der Waals surface area contributed by atoms with Crippen LogP contribution in [0.5, 0.6) is 5.75 Å². The molecule has 2 aromatic rings. The van der Waals surface area contributed by atoms with E-state index in [0.717, 1.165) is 16.8 Å². The fraction of sp³-hybridized carbons (Fsp3) is 0.385. The summed E-state index contributed by atoms with van der Waals surface area (Å²) in [5.74, 6) is 1.28. The summed E-state index contributed by atoms with van der Waals surface area (Å²) in [5.41, 5.74) is 1.59. The highest BCUT2D eigenvalue weighted by Gasteiger charge is 2.14. The number of methoxy groups -OCH3 is 1. The maximum atomic E-state index is 11.6. The zero-order valence-electron chi connectivity index (χ0n) is 10.9. The first-order chi connectivity index (χ1) is 9.19. The molecule has 6 heteroatoms. The number of halogens is 1. The van der Waals surface area contributed by atoms with Crippen molar-refractivity contribution in [3.63, 3.8) is 0 Å². The summed E-state index contributed by atoms with van der Waals surface area (Å²) in [4.78, 5) is 16.0. The van der Waals surface area contributed by atoms with E-state index in [0.29, 0.717) is 12.4 Å². The third kappa shape index (κ3) is 2.81. The van der Waals surface area contributed by atoms with E-state index >= 15 is 0 Å². The molecule has 102 valence electrons. The number of nitrogens with zero attached hydrogens (tertiary/aromatic N) is 2. The van der Waals surface area contributed by atoms with E-state index in [2.05, 4.69) is 4.98 Å². The number of ether oxygens (including phenoxy) is 2. The fourth-order valence-electron chi connectivity index (χ4n) is 1.90. The first-order valence-electron chi connectivity index (χ1n) is 5.94. The Morgan fingerprint density at radius 1 is 1.47 bits per heavy atom. The molecule has 0 saturated carbocycles. The highest BCUT2D eigenvalue weighted by atomic mass is 35.5. The van der Waals surface area contributed by atoms with Gasteiger partial charge in [0.2, 0.25) is 0 Å². The topological polar surface area (TPSA) is 53.4 Å². The molecule has 1 heterocycles. The van der Waals surface area contributed by atoms with Gasteiger partial charge in [-0.1, -0.05) is 0 Å². The van der Waals surface area contributed by atoms with E-state index in [1.807, 2.05) is 18.2 Å². The van der Waals surface area contributed by atoms with Gasteiger partial charge in [0.15, 0.2) is 0 Å². The van der Waals surface area contributed by atoms with Crippen LogP contribution in [-0.2, 0) is 22.0 Å². The van der Waals surface area contributed by atoms with Gasteiger partial charge in [0, 0.05) is 6.07 Å². The summed E-state index contributed by atoms with van der Waals surface area (Å²) < 4.78 is 11.9. The predicted molar refractivity (Wildman–Crippen MR) is 72.5 cm³/mol. The number of benzene rings is 1. The third-order valence-corrected chi connectivity index (χ3v) is 2.99. The molecule has 0 spiro atoms. The van der Waals surface area contributed by atoms with E-state index in [1.54, 1.807) is 18.6 Å². The van der Waals surface area contributed by atoms with Crippen LogP contribution in [0.4, 0.5) is 0 Å². The second kappa shape index (κ2) is 5.93. The van der Waals surface area contributed by atoms with Gasteiger partial charge in [-0.25, -0.2) is 4.98 Å². The minimum absolute atomic E-state index is 0.110. The Morgan fingerprint density at radius 2 is 2.26 bits per heavy atom. The van der Waals surface area contributed by atoms with Crippen LogP contribution >= 0.6 is 11.6 Å². The number of imidazole rings is 1. The molecular formula is C13H15ClN2O3. The highest BCUT2D eigenvalue weighted by Crippen LogP contribution is 2.22. The number of alkyl halides is 1. The molecule has 0 fully saturated rings. The van der Waals surface area contributed by atoms with Crippen LogP contribution in [0.15, 0.2) is 18.2 Å². The van der Waals surface area contributed by atoms with E-state index in [4.69, 9.17) is 21.1 Å². The van der Waals surface area contributed by atoms with Gasteiger partial charge in [-0.15, -0.1) is 11.6 Å². The van der Waals surface area contributed by atoms with E-state index < -0.39 is 0 Å². The van der Waals surface area contributed by atoms with Gasteiger partial charge < -0.3 is 14.0 Å². The Bertz CT molecular complexity index is 595.